The first-order chi connectivity index (χ1) is 12.7. The first-order valence-corrected chi connectivity index (χ1v) is 8.43. The summed E-state index contributed by atoms with van der Waals surface area (Å²) in [4.78, 5) is 8.63. The summed E-state index contributed by atoms with van der Waals surface area (Å²) in [6, 6.07) is 4.88. The molecule has 0 atom stereocenters. The van der Waals surface area contributed by atoms with Gasteiger partial charge in [-0.3, -0.25) is 4.57 Å². The Labute approximate surface area is 154 Å². The van der Waals surface area contributed by atoms with Crippen molar-refractivity contribution in [2.24, 2.45) is 0 Å². The minimum atomic E-state index is 0.271. The van der Waals surface area contributed by atoms with Gasteiger partial charge in [0.1, 0.15) is 24.5 Å². The van der Waals surface area contributed by atoms with E-state index in [1.54, 1.807) is 41.7 Å². The quantitative estimate of drug-likeness (QED) is 0.402. The van der Waals surface area contributed by atoms with Crippen LogP contribution in [0, 0.1) is 5.21 Å². The smallest absolute Gasteiger partial charge is 0.302 e. The van der Waals surface area contributed by atoms with Gasteiger partial charge in [-0.15, -0.1) is 10.2 Å². The van der Waals surface area contributed by atoms with Crippen LogP contribution in [0.4, 0.5) is 0 Å². The van der Waals surface area contributed by atoms with E-state index in [-0.39, 0.29) is 5.95 Å². The van der Waals surface area contributed by atoms with Crippen molar-refractivity contribution in [3.8, 4) is 5.95 Å². The van der Waals surface area contributed by atoms with Crippen molar-refractivity contribution in [1.82, 2.24) is 34.4 Å². The van der Waals surface area contributed by atoms with Crippen LogP contribution in [0.2, 0.25) is 5.02 Å². The average Bonchev–Trinajstić information content (AvgIpc) is 3.35. The summed E-state index contributed by atoms with van der Waals surface area (Å²) in [5.74, 6) is 0.271. The van der Waals surface area contributed by atoms with Crippen molar-refractivity contribution in [2.45, 2.75) is 26.3 Å². The summed E-state index contributed by atoms with van der Waals surface area (Å²) < 4.78 is 3.55. The Kier molecular flexibility index (Phi) is 5.69. The van der Waals surface area contributed by atoms with Crippen molar-refractivity contribution in [2.75, 3.05) is 0 Å². The monoisotopic (exact) mass is 372 g/mol. The predicted octanol–water partition coefficient (Wildman–Crippen LogP) is 2.18. The van der Waals surface area contributed by atoms with Crippen LogP contribution in [0.15, 0.2) is 49.6 Å². The summed E-state index contributed by atoms with van der Waals surface area (Å²) in [5.41, 5.74) is 0.865. The van der Waals surface area contributed by atoms with E-state index in [0.717, 1.165) is 6.54 Å². The molecule has 0 radical (unpaired) electrons. The molecule has 3 aromatic heterocycles. The molecule has 134 valence electrons. The summed E-state index contributed by atoms with van der Waals surface area (Å²) in [6.07, 6.45) is 10.7. The molecule has 0 bridgehead atoms. The van der Waals surface area contributed by atoms with Gasteiger partial charge in [0.2, 0.25) is 0 Å². The average molecular weight is 373 g/mol. The first kappa shape index (κ1) is 17.7. The maximum atomic E-state index is 11.7. The Morgan fingerprint density at radius 3 is 2.69 bits per heavy atom. The van der Waals surface area contributed by atoms with Crippen LogP contribution >= 0.6 is 11.6 Å². The van der Waals surface area contributed by atoms with Crippen molar-refractivity contribution >= 4 is 22.6 Å². The van der Waals surface area contributed by atoms with Crippen LogP contribution in [0.1, 0.15) is 19.8 Å². The highest BCUT2D eigenvalue weighted by molar-refractivity contribution is 6.31. The molecule has 0 unspecified atom stereocenters. The number of unbranched alkanes of at least 4 members (excludes halogenated alkanes) is 1. The molecule has 10 heteroatoms. The highest BCUT2D eigenvalue weighted by Gasteiger charge is 2.12. The molecule has 1 aromatic carbocycles. The summed E-state index contributed by atoms with van der Waals surface area (Å²) in [5, 5.41) is 23.4. The van der Waals surface area contributed by atoms with E-state index < -0.39 is 0 Å². The second-order valence-electron chi connectivity index (χ2n) is 5.44. The van der Waals surface area contributed by atoms with Crippen molar-refractivity contribution in [1.29, 1.82) is 0 Å². The van der Waals surface area contributed by atoms with Crippen LogP contribution in [0.25, 0.3) is 17.0 Å². The minimum absolute atomic E-state index is 0.271. The van der Waals surface area contributed by atoms with Gasteiger partial charge < -0.3 is 9.77 Å². The number of hydrogen-bond donors (Lipinski definition) is 0. The Balaban J connectivity index is 0.000000185. The number of fused-ring (bicyclic) bond motifs is 1. The SMILES string of the molecule is CCCCn1cnnc1.[O-][n+]1nc(-n2ccnc2)nc2ccc(Cl)cc21. The van der Waals surface area contributed by atoms with E-state index in [1.807, 2.05) is 4.57 Å². The molecule has 0 amide bonds. The fourth-order valence-corrected chi connectivity index (χ4v) is 2.34. The zero-order chi connectivity index (χ0) is 18.4. The molecule has 0 saturated carbocycles. The lowest BCUT2D eigenvalue weighted by Gasteiger charge is -2.02. The van der Waals surface area contributed by atoms with Crippen LogP contribution in [0.5, 0.6) is 0 Å². The fourth-order valence-electron chi connectivity index (χ4n) is 2.17. The third-order valence-electron chi connectivity index (χ3n) is 3.52. The summed E-state index contributed by atoms with van der Waals surface area (Å²) in [7, 11) is 0. The largest absolute Gasteiger partial charge is 0.594 e. The van der Waals surface area contributed by atoms with Gasteiger partial charge in [-0.25, -0.2) is 9.97 Å². The molecular formula is C16H17ClN8O. The van der Waals surface area contributed by atoms with Gasteiger partial charge in [0.05, 0.1) is 5.10 Å². The molecule has 0 spiro atoms. The van der Waals surface area contributed by atoms with Gasteiger partial charge >= 0.3 is 5.95 Å². The second-order valence-corrected chi connectivity index (χ2v) is 5.88. The summed E-state index contributed by atoms with van der Waals surface area (Å²) in [6.45, 7) is 3.22. The topological polar surface area (TPSA) is 101 Å². The van der Waals surface area contributed by atoms with E-state index in [2.05, 4.69) is 32.2 Å². The molecule has 9 nitrogen and oxygen atoms in total. The van der Waals surface area contributed by atoms with Crippen LogP contribution in [0.3, 0.4) is 0 Å². The molecule has 3 heterocycles. The second kappa shape index (κ2) is 8.34. The Hall–Kier alpha value is -3.07. The van der Waals surface area contributed by atoms with E-state index in [4.69, 9.17) is 11.6 Å². The highest BCUT2D eigenvalue weighted by Crippen LogP contribution is 2.14. The predicted molar refractivity (Wildman–Crippen MR) is 95.6 cm³/mol. The zero-order valence-electron chi connectivity index (χ0n) is 14.1. The lowest BCUT2D eigenvalue weighted by atomic mass is 10.3. The molecule has 4 aromatic rings. The zero-order valence-corrected chi connectivity index (χ0v) is 14.9. The van der Waals surface area contributed by atoms with E-state index in [0.29, 0.717) is 20.9 Å². The molecule has 0 saturated heterocycles. The van der Waals surface area contributed by atoms with Crippen molar-refractivity contribution in [3.63, 3.8) is 0 Å². The number of imidazole rings is 1. The number of benzene rings is 1. The number of hydrogen-bond acceptors (Lipinski definition) is 6. The standard InChI is InChI=1S/C10H6ClN5O.C6H11N3/c11-7-1-2-8-9(5-7)16(17)14-10(13-8)15-4-3-12-6-15;1-2-3-4-9-5-7-8-6-9/h1-6H;5-6H,2-4H2,1H3. The molecular weight excluding hydrogens is 356 g/mol. The Morgan fingerprint density at radius 2 is 2.00 bits per heavy atom. The van der Waals surface area contributed by atoms with Crippen molar-refractivity contribution < 1.29 is 4.85 Å². The first-order valence-electron chi connectivity index (χ1n) is 8.05. The highest BCUT2D eigenvalue weighted by atomic mass is 35.5. The molecule has 26 heavy (non-hydrogen) atoms. The lowest BCUT2D eigenvalue weighted by molar-refractivity contribution is -0.642. The van der Waals surface area contributed by atoms with Gasteiger partial charge in [-0.2, -0.15) is 0 Å². The van der Waals surface area contributed by atoms with Gasteiger partial charge in [0.25, 0.3) is 5.52 Å². The summed E-state index contributed by atoms with van der Waals surface area (Å²) >= 11 is 5.81. The maximum absolute atomic E-state index is 11.7. The van der Waals surface area contributed by atoms with E-state index >= 15 is 0 Å². The van der Waals surface area contributed by atoms with Gasteiger partial charge in [-0.1, -0.05) is 24.9 Å². The van der Waals surface area contributed by atoms with Gasteiger partial charge in [0, 0.05) is 30.0 Å². The van der Waals surface area contributed by atoms with Crippen LogP contribution < -0.4 is 4.85 Å². The van der Waals surface area contributed by atoms with E-state index in [9.17, 15) is 5.21 Å². The van der Waals surface area contributed by atoms with Crippen LogP contribution in [-0.4, -0.2) is 34.4 Å². The molecule has 0 aliphatic heterocycles. The number of aromatic nitrogens is 8. The fraction of sp³-hybridized carbons (Fsp3) is 0.250. The number of rotatable bonds is 4. The molecule has 0 aliphatic carbocycles. The normalized spacial score (nSPS) is 10.5. The molecule has 0 aliphatic rings. The maximum Gasteiger partial charge on any atom is 0.302 e. The van der Waals surface area contributed by atoms with Gasteiger partial charge in [-0.05, 0) is 23.4 Å². The van der Waals surface area contributed by atoms with Crippen molar-refractivity contribution in [3.05, 3.63) is 59.8 Å². The third kappa shape index (κ3) is 4.31. The number of aryl methyl sites for hydroxylation is 1. The van der Waals surface area contributed by atoms with Gasteiger partial charge in [0.15, 0.2) is 0 Å². The Morgan fingerprint density at radius 1 is 1.19 bits per heavy atom. The molecule has 4 rings (SSSR count). The number of halogens is 1. The Bertz CT molecular complexity index is 956. The number of nitrogens with zero attached hydrogens (tertiary/aromatic N) is 8. The van der Waals surface area contributed by atoms with E-state index in [1.165, 1.54) is 25.2 Å². The lowest BCUT2D eigenvalue weighted by Crippen LogP contribution is -2.34. The minimum Gasteiger partial charge on any atom is -0.594 e. The third-order valence-corrected chi connectivity index (χ3v) is 3.75. The van der Waals surface area contributed by atoms with Crippen LogP contribution in [-0.2, 0) is 6.54 Å². The molecule has 0 fully saturated rings. The molecule has 0 N–H and O–H groups in total.